The van der Waals surface area contributed by atoms with Crippen molar-refractivity contribution < 1.29 is 13.5 Å². The molecule has 0 aliphatic carbocycles. The molecule has 0 bridgehead atoms. The lowest BCUT2D eigenvalue weighted by atomic mass is 10.3. The molecule has 0 amide bonds. The molecule has 0 aliphatic rings. The first-order chi connectivity index (χ1) is 9.22. The Kier molecular flexibility index (Phi) is 6.40. The van der Waals surface area contributed by atoms with Gasteiger partial charge in [-0.05, 0) is 26.0 Å². The average molecular weight is 374 g/mol. The molecule has 0 aromatic heterocycles. The van der Waals surface area contributed by atoms with E-state index in [0.29, 0.717) is 23.9 Å². The van der Waals surface area contributed by atoms with Crippen LogP contribution < -0.4 is 0 Å². The largest absolute Gasteiger partial charge is 0.505 e. The zero-order chi connectivity index (χ0) is 15.5. The van der Waals surface area contributed by atoms with Crippen LogP contribution in [0.25, 0.3) is 0 Å². The Hall–Kier alpha value is -0.210. The van der Waals surface area contributed by atoms with Gasteiger partial charge in [0.25, 0.3) is 0 Å². The lowest BCUT2D eigenvalue weighted by Crippen LogP contribution is -2.27. The fourth-order valence-electron chi connectivity index (χ4n) is 1.41. The Balaban J connectivity index is 3.16. The third kappa shape index (κ3) is 4.14. The van der Waals surface area contributed by atoms with Crippen molar-refractivity contribution in [1.29, 1.82) is 0 Å². The van der Waals surface area contributed by atoms with Crippen LogP contribution in [0.1, 0.15) is 13.8 Å². The molecule has 20 heavy (non-hydrogen) atoms. The first-order valence-electron chi connectivity index (χ1n) is 5.64. The minimum Gasteiger partial charge on any atom is -0.505 e. The molecule has 9 heteroatoms. The molecule has 0 unspecified atom stereocenters. The summed E-state index contributed by atoms with van der Waals surface area (Å²) in [6.45, 7) is 4.94. The molecular weight excluding hydrogens is 361 g/mol. The highest BCUT2D eigenvalue weighted by Gasteiger charge is 2.25. The molecule has 1 rings (SSSR count). The molecule has 0 fully saturated rings. The van der Waals surface area contributed by atoms with E-state index in [-0.39, 0.29) is 19.3 Å². The summed E-state index contributed by atoms with van der Waals surface area (Å²) in [4.78, 5) is 1.38. The summed E-state index contributed by atoms with van der Waals surface area (Å²) in [5.41, 5.74) is 0. The molecule has 0 radical (unpaired) electrons. The van der Waals surface area contributed by atoms with Gasteiger partial charge in [-0.2, -0.15) is 0 Å². The molecule has 4 nitrogen and oxygen atoms in total. The van der Waals surface area contributed by atoms with Crippen molar-refractivity contribution in [1.82, 2.24) is 4.90 Å². The van der Waals surface area contributed by atoms with Crippen LogP contribution in [0.4, 0.5) is 0 Å². The molecule has 0 atom stereocenters. The van der Waals surface area contributed by atoms with Gasteiger partial charge >= 0.3 is 0 Å². The van der Waals surface area contributed by atoms with Gasteiger partial charge in [0.05, 0.1) is 5.02 Å². The van der Waals surface area contributed by atoms with Crippen molar-refractivity contribution in [3.05, 3.63) is 22.2 Å². The lowest BCUT2D eigenvalue weighted by Gasteiger charge is -2.20. The molecule has 1 aromatic carbocycles. The van der Waals surface area contributed by atoms with Crippen LogP contribution in [0.15, 0.2) is 17.0 Å². The fourth-order valence-corrected chi connectivity index (χ4v) is 5.87. The fraction of sp³-hybridized carbons (Fsp3) is 0.364. The minimum atomic E-state index is -3.89. The van der Waals surface area contributed by atoms with E-state index >= 15 is 0 Å². The highest BCUT2D eigenvalue weighted by molar-refractivity contribution is 8.79. The van der Waals surface area contributed by atoms with Gasteiger partial charge in [-0.25, -0.2) is 8.42 Å². The topological polar surface area (TPSA) is 57.6 Å². The number of hydrogen-bond donors (Lipinski definition) is 1. The van der Waals surface area contributed by atoms with E-state index < -0.39 is 14.6 Å². The molecular formula is C11H13Cl2NO3S3. The summed E-state index contributed by atoms with van der Waals surface area (Å²) in [6, 6.07) is 2.42. The van der Waals surface area contributed by atoms with E-state index in [1.54, 1.807) is 4.90 Å². The maximum absolute atomic E-state index is 12.3. The number of phenolic OH excluding ortho intramolecular Hbond substituents is 1. The maximum Gasteiger partial charge on any atom is 0.240 e. The van der Waals surface area contributed by atoms with Crippen LogP contribution in [0.3, 0.4) is 0 Å². The summed E-state index contributed by atoms with van der Waals surface area (Å²) in [5, 5.41) is 9.79. The SMILES string of the molecule is CCN(CC)C(=S)SS(=O)(=O)c1cc(Cl)cc(Cl)c1O. The van der Waals surface area contributed by atoms with Gasteiger partial charge in [-0.15, -0.1) is 0 Å². The van der Waals surface area contributed by atoms with Crippen molar-refractivity contribution >= 4 is 59.4 Å². The Morgan fingerprint density at radius 1 is 1.35 bits per heavy atom. The van der Waals surface area contributed by atoms with Gasteiger partial charge in [0, 0.05) is 28.9 Å². The number of thiocarbonyl (C=S) groups is 1. The quantitative estimate of drug-likeness (QED) is 0.640. The third-order valence-corrected chi connectivity index (χ3v) is 6.94. The highest BCUT2D eigenvalue weighted by atomic mass is 35.5. The smallest absolute Gasteiger partial charge is 0.240 e. The van der Waals surface area contributed by atoms with Gasteiger partial charge in [-0.1, -0.05) is 35.4 Å². The monoisotopic (exact) mass is 373 g/mol. The number of hydrogen-bond acceptors (Lipinski definition) is 5. The van der Waals surface area contributed by atoms with Crippen LogP contribution in [0.5, 0.6) is 5.75 Å². The van der Waals surface area contributed by atoms with Crippen molar-refractivity contribution in [2.24, 2.45) is 0 Å². The molecule has 1 aromatic rings. The number of nitrogens with zero attached hydrogens (tertiary/aromatic N) is 1. The summed E-state index contributed by atoms with van der Waals surface area (Å²) in [7, 11) is -3.39. The minimum absolute atomic E-state index is 0.120. The number of aromatic hydroxyl groups is 1. The molecule has 1 N–H and O–H groups in total. The lowest BCUT2D eigenvalue weighted by molar-refractivity contribution is 0.460. The van der Waals surface area contributed by atoms with E-state index in [1.165, 1.54) is 6.07 Å². The summed E-state index contributed by atoms with van der Waals surface area (Å²) >= 11 is 16.6. The van der Waals surface area contributed by atoms with Gasteiger partial charge in [0.1, 0.15) is 4.90 Å². The molecule has 0 aliphatic heterocycles. The van der Waals surface area contributed by atoms with Gasteiger partial charge in [-0.3, -0.25) is 0 Å². The van der Waals surface area contributed by atoms with Crippen LogP contribution in [0, 0.1) is 0 Å². The molecule has 0 saturated heterocycles. The summed E-state index contributed by atoms with van der Waals surface area (Å²) in [6.07, 6.45) is 0. The van der Waals surface area contributed by atoms with E-state index in [9.17, 15) is 13.5 Å². The first kappa shape index (κ1) is 17.8. The van der Waals surface area contributed by atoms with Crippen molar-refractivity contribution in [3.8, 4) is 5.75 Å². The molecule has 112 valence electrons. The Bertz CT molecular complexity index is 616. The second-order valence-corrected chi connectivity index (χ2v) is 8.92. The van der Waals surface area contributed by atoms with Crippen LogP contribution >= 0.6 is 46.2 Å². The van der Waals surface area contributed by atoms with Crippen molar-refractivity contribution in [3.63, 3.8) is 0 Å². The molecule has 0 saturated carbocycles. The number of benzene rings is 1. The van der Waals surface area contributed by atoms with E-state index in [4.69, 9.17) is 35.4 Å². The van der Waals surface area contributed by atoms with Crippen molar-refractivity contribution in [2.45, 2.75) is 18.7 Å². The van der Waals surface area contributed by atoms with Crippen LogP contribution in [-0.2, 0) is 8.87 Å². The molecule has 0 spiro atoms. The van der Waals surface area contributed by atoms with Gasteiger partial charge in [0.2, 0.25) is 8.87 Å². The first-order valence-corrected chi connectivity index (χ1v) is 9.62. The van der Waals surface area contributed by atoms with Gasteiger partial charge < -0.3 is 10.0 Å². The average Bonchev–Trinajstić information content (AvgIpc) is 2.34. The summed E-state index contributed by atoms with van der Waals surface area (Å²) < 4.78 is 24.8. The predicted octanol–water partition coefficient (Wildman–Crippen LogP) is 3.75. The second kappa shape index (κ2) is 7.17. The van der Waals surface area contributed by atoms with Gasteiger partial charge in [0.15, 0.2) is 10.1 Å². The number of rotatable bonds is 4. The Morgan fingerprint density at radius 3 is 2.40 bits per heavy atom. The Labute approximate surface area is 137 Å². The van der Waals surface area contributed by atoms with Crippen LogP contribution in [-0.4, -0.2) is 35.8 Å². The van der Waals surface area contributed by atoms with E-state index in [2.05, 4.69) is 0 Å². The van der Waals surface area contributed by atoms with E-state index in [0.717, 1.165) is 6.07 Å². The number of phenols is 1. The normalized spacial score (nSPS) is 11.4. The van der Waals surface area contributed by atoms with Crippen molar-refractivity contribution in [2.75, 3.05) is 13.1 Å². The zero-order valence-corrected chi connectivity index (χ0v) is 14.7. The van der Waals surface area contributed by atoms with Crippen LogP contribution in [0.2, 0.25) is 10.0 Å². The highest BCUT2D eigenvalue weighted by Crippen LogP contribution is 2.38. The Morgan fingerprint density at radius 2 is 1.90 bits per heavy atom. The zero-order valence-electron chi connectivity index (χ0n) is 10.8. The number of halogens is 2. The maximum atomic E-state index is 12.3. The third-order valence-electron chi connectivity index (χ3n) is 2.47. The molecule has 0 heterocycles. The predicted molar refractivity (Wildman–Crippen MR) is 88.4 cm³/mol. The second-order valence-electron chi connectivity index (χ2n) is 3.71. The van der Waals surface area contributed by atoms with E-state index in [1.807, 2.05) is 13.8 Å². The summed E-state index contributed by atoms with van der Waals surface area (Å²) in [5.74, 6) is -0.522. The standard InChI is InChI=1S/C11H13Cl2NO3S3/c1-3-14(4-2)11(18)19-20(16,17)9-6-7(12)5-8(13)10(9)15/h5-6,15H,3-4H2,1-2H3.